The minimum Gasteiger partial charge on any atom is -0.303 e. The molecule has 1 aliphatic rings. The molecule has 72 valence electrons. The molecule has 0 saturated heterocycles. The average molecular weight is 186 g/mol. The highest BCUT2D eigenvalue weighted by Gasteiger charge is 2.13. The number of carbonyl (C=O) groups excluding carboxylic acids is 1. The van der Waals surface area contributed by atoms with E-state index in [1.807, 2.05) is 18.2 Å². The molecular weight excluding hydrogens is 172 g/mol. The second-order valence-electron chi connectivity index (χ2n) is 3.75. The summed E-state index contributed by atoms with van der Waals surface area (Å²) in [6, 6.07) is 10.3. The van der Waals surface area contributed by atoms with Gasteiger partial charge in [0.05, 0.1) is 0 Å². The Kier molecular flexibility index (Phi) is 2.78. The summed E-state index contributed by atoms with van der Waals surface area (Å²) in [4.78, 5) is 10.7. The summed E-state index contributed by atoms with van der Waals surface area (Å²) in [5, 5.41) is 0. The third kappa shape index (κ3) is 1.92. The smallest absolute Gasteiger partial charge is 0.126 e. The van der Waals surface area contributed by atoms with Gasteiger partial charge in [0, 0.05) is 5.92 Å². The zero-order valence-electron chi connectivity index (χ0n) is 8.15. The van der Waals surface area contributed by atoms with Crippen LogP contribution < -0.4 is 0 Å². The Labute approximate surface area is 84.5 Å². The molecule has 1 unspecified atom stereocenters. The average Bonchev–Trinajstić information content (AvgIpc) is 2.30. The summed E-state index contributed by atoms with van der Waals surface area (Å²) >= 11 is 0. The monoisotopic (exact) mass is 186 g/mol. The molecule has 0 fully saturated rings. The molecule has 14 heavy (non-hydrogen) atoms. The molecule has 0 aliphatic heterocycles. The van der Waals surface area contributed by atoms with Gasteiger partial charge < -0.3 is 4.79 Å². The lowest BCUT2D eigenvalue weighted by molar-refractivity contribution is -0.110. The molecule has 0 spiro atoms. The summed E-state index contributed by atoms with van der Waals surface area (Å²) in [7, 11) is 0. The van der Waals surface area contributed by atoms with Crippen LogP contribution in [0.1, 0.15) is 24.8 Å². The molecule has 1 aromatic carbocycles. The van der Waals surface area contributed by atoms with Crippen molar-refractivity contribution in [2.75, 3.05) is 0 Å². The van der Waals surface area contributed by atoms with Crippen LogP contribution in [0.4, 0.5) is 0 Å². The first-order valence-corrected chi connectivity index (χ1v) is 5.11. The molecule has 0 saturated carbocycles. The molecule has 0 N–H and O–H groups in total. The molecule has 0 aromatic heterocycles. The van der Waals surface area contributed by atoms with Crippen molar-refractivity contribution in [3.05, 3.63) is 42.0 Å². The van der Waals surface area contributed by atoms with Crippen LogP contribution in [0, 0.1) is 5.92 Å². The molecule has 2 rings (SSSR count). The Hall–Kier alpha value is -1.37. The van der Waals surface area contributed by atoms with Crippen LogP contribution in [-0.4, -0.2) is 6.29 Å². The minimum absolute atomic E-state index is 0.138. The number of carbonyl (C=O) groups is 1. The topological polar surface area (TPSA) is 17.1 Å². The fraction of sp³-hybridized carbons (Fsp3) is 0.308. The maximum absolute atomic E-state index is 10.7. The first-order valence-electron chi connectivity index (χ1n) is 5.11. The number of hydrogen-bond acceptors (Lipinski definition) is 1. The van der Waals surface area contributed by atoms with E-state index in [9.17, 15) is 4.79 Å². The highest BCUT2D eigenvalue weighted by Crippen LogP contribution is 2.28. The third-order valence-corrected chi connectivity index (χ3v) is 2.72. The van der Waals surface area contributed by atoms with Crippen LogP contribution in [0.25, 0.3) is 5.57 Å². The van der Waals surface area contributed by atoms with E-state index in [1.54, 1.807) is 0 Å². The van der Waals surface area contributed by atoms with Crippen molar-refractivity contribution in [3.8, 4) is 0 Å². The normalized spacial score (nSPS) is 21.4. The van der Waals surface area contributed by atoms with Crippen molar-refractivity contribution < 1.29 is 4.79 Å². The predicted octanol–water partition coefficient (Wildman–Crippen LogP) is 3.07. The van der Waals surface area contributed by atoms with E-state index >= 15 is 0 Å². The lowest BCUT2D eigenvalue weighted by Gasteiger charge is -2.16. The van der Waals surface area contributed by atoms with E-state index in [0.29, 0.717) is 0 Å². The van der Waals surface area contributed by atoms with Gasteiger partial charge in [-0.15, -0.1) is 0 Å². The predicted molar refractivity (Wildman–Crippen MR) is 57.8 cm³/mol. The summed E-state index contributed by atoms with van der Waals surface area (Å²) in [5.74, 6) is 0.138. The first-order chi connectivity index (χ1) is 6.90. The molecule has 0 amide bonds. The van der Waals surface area contributed by atoms with Crippen molar-refractivity contribution in [1.82, 2.24) is 0 Å². The minimum atomic E-state index is 0.138. The molecule has 0 bridgehead atoms. The van der Waals surface area contributed by atoms with Gasteiger partial charge >= 0.3 is 0 Å². The molecule has 1 aromatic rings. The van der Waals surface area contributed by atoms with Gasteiger partial charge in [0.25, 0.3) is 0 Å². The molecule has 1 nitrogen and oxygen atoms in total. The number of allylic oxidation sites excluding steroid dienone is 2. The number of aldehydes is 1. The summed E-state index contributed by atoms with van der Waals surface area (Å²) in [5.41, 5.74) is 2.59. The second kappa shape index (κ2) is 4.23. The van der Waals surface area contributed by atoms with Gasteiger partial charge in [-0.3, -0.25) is 0 Å². The third-order valence-electron chi connectivity index (χ3n) is 2.72. The van der Waals surface area contributed by atoms with E-state index in [-0.39, 0.29) is 5.92 Å². The summed E-state index contributed by atoms with van der Waals surface area (Å²) < 4.78 is 0. The Morgan fingerprint density at radius 3 is 2.71 bits per heavy atom. The molecule has 1 aliphatic carbocycles. The molecule has 0 radical (unpaired) electrons. The Morgan fingerprint density at radius 1 is 1.21 bits per heavy atom. The van der Waals surface area contributed by atoms with Gasteiger partial charge in [-0.25, -0.2) is 0 Å². The maximum atomic E-state index is 10.7. The van der Waals surface area contributed by atoms with Crippen LogP contribution in [0.2, 0.25) is 0 Å². The van der Waals surface area contributed by atoms with Gasteiger partial charge in [0.2, 0.25) is 0 Å². The van der Waals surface area contributed by atoms with Gasteiger partial charge in [0.15, 0.2) is 0 Å². The fourth-order valence-corrected chi connectivity index (χ4v) is 1.95. The van der Waals surface area contributed by atoms with Crippen molar-refractivity contribution in [3.63, 3.8) is 0 Å². The van der Waals surface area contributed by atoms with Crippen molar-refractivity contribution in [1.29, 1.82) is 0 Å². The highest BCUT2D eigenvalue weighted by molar-refractivity contribution is 5.71. The van der Waals surface area contributed by atoms with E-state index < -0.39 is 0 Å². The zero-order valence-corrected chi connectivity index (χ0v) is 8.15. The highest BCUT2D eigenvalue weighted by atomic mass is 16.1. The summed E-state index contributed by atoms with van der Waals surface area (Å²) in [6.07, 6.45) is 6.42. The van der Waals surface area contributed by atoms with Gasteiger partial charge in [-0.05, 0) is 30.4 Å². The van der Waals surface area contributed by atoms with Crippen molar-refractivity contribution >= 4 is 11.9 Å². The zero-order chi connectivity index (χ0) is 9.80. The van der Waals surface area contributed by atoms with Crippen molar-refractivity contribution in [2.24, 2.45) is 5.92 Å². The van der Waals surface area contributed by atoms with Crippen LogP contribution >= 0.6 is 0 Å². The molecular formula is C13H14O. The largest absolute Gasteiger partial charge is 0.303 e. The van der Waals surface area contributed by atoms with Crippen LogP contribution in [-0.2, 0) is 4.79 Å². The SMILES string of the molecule is O=CC1C=C(c2ccccc2)CCC1. The lowest BCUT2D eigenvalue weighted by atomic mass is 9.88. The fourth-order valence-electron chi connectivity index (χ4n) is 1.95. The van der Waals surface area contributed by atoms with Crippen LogP contribution in [0.15, 0.2) is 36.4 Å². The van der Waals surface area contributed by atoms with Gasteiger partial charge in [-0.1, -0.05) is 36.4 Å². The first kappa shape index (κ1) is 9.20. The Bertz CT molecular complexity index is 338. The van der Waals surface area contributed by atoms with Crippen molar-refractivity contribution in [2.45, 2.75) is 19.3 Å². The molecule has 0 heterocycles. The second-order valence-corrected chi connectivity index (χ2v) is 3.75. The summed E-state index contributed by atoms with van der Waals surface area (Å²) in [6.45, 7) is 0. The Balaban J connectivity index is 2.26. The van der Waals surface area contributed by atoms with E-state index in [2.05, 4.69) is 18.2 Å². The number of benzene rings is 1. The van der Waals surface area contributed by atoms with Crippen LogP contribution in [0.3, 0.4) is 0 Å². The lowest BCUT2D eigenvalue weighted by Crippen LogP contribution is -2.04. The molecule has 1 heteroatoms. The maximum Gasteiger partial charge on any atom is 0.126 e. The number of rotatable bonds is 2. The number of hydrogen-bond donors (Lipinski definition) is 0. The van der Waals surface area contributed by atoms with E-state index in [0.717, 1.165) is 25.5 Å². The Morgan fingerprint density at radius 2 is 2.00 bits per heavy atom. The van der Waals surface area contributed by atoms with Gasteiger partial charge in [0.1, 0.15) is 6.29 Å². The van der Waals surface area contributed by atoms with Crippen LogP contribution in [0.5, 0.6) is 0 Å². The standard InChI is InChI=1S/C13H14O/c14-10-11-5-4-8-13(9-11)12-6-2-1-3-7-12/h1-3,6-7,9-11H,4-5,8H2. The quantitative estimate of drug-likeness (QED) is 0.649. The van der Waals surface area contributed by atoms with E-state index in [4.69, 9.17) is 0 Å². The van der Waals surface area contributed by atoms with E-state index in [1.165, 1.54) is 11.1 Å². The van der Waals surface area contributed by atoms with Gasteiger partial charge in [-0.2, -0.15) is 0 Å². The molecule has 1 atom stereocenters.